The van der Waals surface area contributed by atoms with Crippen LogP contribution in [0.5, 0.6) is 0 Å². The number of likely N-dealkylation sites (N-methyl/N-ethyl adjacent to an activating group) is 1. The van der Waals surface area contributed by atoms with Crippen LogP contribution in [0.4, 0.5) is 4.39 Å². The van der Waals surface area contributed by atoms with Crippen molar-refractivity contribution in [2.75, 3.05) is 80.9 Å². The third-order valence-electron chi connectivity index (χ3n) is 11.9. The lowest BCUT2D eigenvalue weighted by atomic mass is 9.65. The number of halogens is 2. The van der Waals surface area contributed by atoms with Crippen molar-refractivity contribution in [1.82, 2.24) is 15.1 Å². The second-order valence-corrected chi connectivity index (χ2v) is 17.2. The molecule has 0 aromatic heterocycles. The number of dihydropyridines is 1. The third kappa shape index (κ3) is 13.8. The molecule has 338 valence electrons. The van der Waals surface area contributed by atoms with Gasteiger partial charge >= 0.3 is 17.9 Å². The van der Waals surface area contributed by atoms with Crippen molar-refractivity contribution in [2.24, 2.45) is 5.92 Å². The van der Waals surface area contributed by atoms with Crippen LogP contribution in [0.25, 0.3) is 0 Å². The maximum atomic E-state index is 14.1. The van der Waals surface area contributed by atoms with Crippen LogP contribution >= 0.6 is 11.6 Å². The number of nitrogens with zero attached hydrogens (tertiary/aromatic N) is 2. The zero-order valence-electron chi connectivity index (χ0n) is 37.7. The van der Waals surface area contributed by atoms with Gasteiger partial charge in [-0.05, 0) is 108 Å². The molecule has 1 aliphatic carbocycles. The number of nitrogens with one attached hydrogen (secondary N) is 1. The highest BCUT2D eigenvalue weighted by Gasteiger charge is 2.48. The fourth-order valence-corrected chi connectivity index (χ4v) is 9.24. The molecule has 0 saturated carbocycles. The van der Waals surface area contributed by atoms with Crippen molar-refractivity contribution in [3.05, 3.63) is 92.5 Å². The molecule has 0 saturated heterocycles. The van der Waals surface area contributed by atoms with Gasteiger partial charge in [-0.15, -0.1) is 0 Å². The summed E-state index contributed by atoms with van der Waals surface area (Å²) < 4.78 is 42.3. The van der Waals surface area contributed by atoms with E-state index in [2.05, 4.69) is 43.1 Å². The Morgan fingerprint density at radius 1 is 0.902 bits per heavy atom. The van der Waals surface area contributed by atoms with Crippen LogP contribution in [0.15, 0.2) is 65.0 Å². The average molecular weight is 871 g/mol. The molecule has 0 bridgehead atoms. The molecule has 4 rings (SSSR count). The highest BCUT2D eigenvalue weighted by atomic mass is 35.5. The number of unbranched alkanes of at least 4 members (excludes halogenated alkanes) is 5. The quantitative estimate of drug-likeness (QED) is 0.0590. The van der Waals surface area contributed by atoms with Crippen LogP contribution in [0.1, 0.15) is 108 Å². The summed E-state index contributed by atoms with van der Waals surface area (Å²) in [7, 11) is 7.04. The van der Waals surface area contributed by atoms with Gasteiger partial charge in [0.05, 0.1) is 49.7 Å². The molecular weight excluding hydrogens is 801 g/mol. The van der Waals surface area contributed by atoms with Crippen LogP contribution < -0.4 is 5.32 Å². The number of esters is 3. The van der Waals surface area contributed by atoms with Crippen LogP contribution in [-0.2, 0) is 44.5 Å². The number of allylic oxidation sites excluding steroid dienone is 1. The Hall–Kier alpha value is -3.81. The Balaban J connectivity index is 1.19. The maximum Gasteiger partial charge on any atom is 0.336 e. The molecule has 2 unspecified atom stereocenters. The van der Waals surface area contributed by atoms with E-state index >= 15 is 0 Å². The van der Waals surface area contributed by atoms with Gasteiger partial charge in [0, 0.05) is 43.3 Å². The number of aryl methyl sites for hydroxylation is 1. The standard InChI is InChI=1S/C48H69ClFN3O8/c1-9-60-47(56)44-40(51-34(4)42(46(55)58-8)43(44)38-18-14-15-19-39(38)49)31-59-29-28-53(6)26-17-13-11-10-12-16-25-52(5)27-24-48(61-41(54)32-57-7)23-22-35-30-36(50)20-21-37(35)45(48)33(2)3/h14-15,18-21,30,33,43,45,51H,9-13,16-17,22-29,31-32H2,1-8H3/t43?,45?,48-/m0/s1. The summed E-state index contributed by atoms with van der Waals surface area (Å²) in [6.45, 7) is 11.9. The lowest BCUT2D eigenvalue weighted by Gasteiger charge is -2.47. The Kier molecular flexibility index (Phi) is 20.2. The predicted molar refractivity (Wildman–Crippen MR) is 237 cm³/mol. The Bertz CT molecular complexity index is 1840. The fourth-order valence-electron chi connectivity index (χ4n) is 9.00. The smallest absolute Gasteiger partial charge is 0.336 e. The van der Waals surface area contributed by atoms with Crippen LogP contribution in [-0.4, -0.2) is 114 Å². The number of ether oxygens (including phenoxy) is 5. The minimum atomic E-state index is -0.784. The summed E-state index contributed by atoms with van der Waals surface area (Å²) in [6.07, 6.45) is 8.88. The van der Waals surface area contributed by atoms with Gasteiger partial charge < -0.3 is 38.8 Å². The SMILES string of the molecule is CCOC(=O)C1=C(COCCN(C)CCCCCCCCN(C)CC[C@@]2(OC(=O)COC)CCc3cc(F)ccc3C2C(C)C)NC(C)=C(C(=O)OC)C1c1ccccc1Cl. The fraction of sp³-hybridized carbons (Fsp3) is 0.604. The molecule has 1 N–H and O–H groups in total. The third-order valence-corrected chi connectivity index (χ3v) is 12.3. The molecule has 2 aromatic rings. The van der Waals surface area contributed by atoms with E-state index in [-0.39, 0.29) is 49.0 Å². The van der Waals surface area contributed by atoms with Crippen molar-refractivity contribution in [2.45, 2.75) is 103 Å². The van der Waals surface area contributed by atoms with Crippen molar-refractivity contribution in [3.63, 3.8) is 0 Å². The van der Waals surface area contributed by atoms with E-state index in [9.17, 15) is 18.8 Å². The highest BCUT2D eigenvalue weighted by molar-refractivity contribution is 6.31. The lowest BCUT2D eigenvalue weighted by molar-refractivity contribution is -0.172. The van der Waals surface area contributed by atoms with Gasteiger partial charge in [0.2, 0.25) is 0 Å². The first-order valence-corrected chi connectivity index (χ1v) is 22.3. The minimum absolute atomic E-state index is 0.0277. The van der Waals surface area contributed by atoms with E-state index in [1.54, 1.807) is 38.1 Å². The Labute approximate surface area is 368 Å². The highest BCUT2D eigenvalue weighted by Crippen LogP contribution is 2.48. The molecule has 1 heterocycles. The van der Waals surface area contributed by atoms with E-state index in [4.69, 9.17) is 35.3 Å². The summed E-state index contributed by atoms with van der Waals surface area (Å²) in [4.78, 5) is 43.9. The minimum Gasteiger partial charge on any atom is -0.466 e. The molecule has 2 aliphatic rings. The van der Waals surface area contributed by atoms with Crippen molar-refractivity contribution in [3.8, 4) is 0 Å². The van der Waals surface area contributed by atoms with Crippen molar-refractivity contribution >= 4 is 29.5 Å². The van der Waals surface area contributed by atoms with Crippen LogP contribution in [0.2, 0.25) is 5.02 Å². The number of hydrogen-bond donors (Lipinski definition) is 1. The maximum absolute atomic E-state index is 14.1. The molecule has 1 aliphatic heterocycles. The zero-order chi connectivity index (χ0) is 44.5. The summed E-state index contributed by atoms with van der Waals surface area (Å²) in [5.41, 5.74) is 3.69. The van der Waals surface area contributed by atoms with E-state index in [1.165, 1.54) is 33.1 Å². The summed E-state index contributed by atoms with van der Waals surface area (Å²) in [6, 6.07) is 12.2. The Morgan fingerprint density at radius 3 is 2.21 bits per heavy atom. The van der Waals surface area contributed by atoms with Crippen LogP contribution in [0.3, 0.4) is 0 Å². The Morgan fingerprint density at radius 2 is 1.57 bits per heavy atom. The summed E-state index contributed by atoms with van der Waals surface area (Å²) in [5.74, 6) is -2.30. The number of carbonyl (C=O) groups is 3. The van der Waals surface area contributed by atoms with E-state index < -0.39 is 23.5 Å². The number of rotatable bonds is 25. The molecule has 11 nitrogen and oxygen atoms in total. The molecule has 0 spiro atoms. The van der Waals surface area contributed by atoms with E-state index in [0.29, 0.717) is 53.4 Å². The van der Waals surface area contributed by atoms with E-state index in [0.717, 1.165) is 63.0 Å². The molecular formula is C48H69ClFN3O8. The van der Waals surface area contributed by atoms with Crippen LogP contribution in [0, 0.1) is 11.7 Å². The van der Waals surface area contributed by atoms with Gasteiger partial charge in [0.25, 0.3) is 0 Å². The van der Waals surface area contributed by atoms with Crippen molar-refractivity contribution < 1.29 is 42.5 Å². The zero-order valence-corrected chi connectivity index (χ0v) is 38.5. The molecule has 13 heteroatoms. The number of carbonyl (C=O) groups excluding carboxylic acids is 3. The van der Waals surface area contributed by atoms with Gasteiger partial charge in [-0.2, -0.15) is 0 Å². The normalized spacial score (nSPS) is 19.0. The largest absolute Gasteiger partial charge is 0.466 e. The van der Waals surface area contributed by atoms with E-state index in [1.807, 2.05) is 12.1 Å². The van der Waals surface area contributed by atoms with Crippen molar-refractivity contribution in [1.29, 1.82) is 0 Å². The second kappa shape index (κ2) is 24.7. The van der Waals surface area contributed by atoms with Gasteiger partial charge in [0.1, 0.15) is 18.0 Å². The lowest BCUT2D eigenvalue weighted by Crippen LogP contribution is -2.49. The molecule has 0 radical (unpaired) electrons. The molecule has 61 heavy (non-hydrogen) atoms. The molecule has 2 aromatic carbocycles. The number of hydrogen-bond acceptors (Lipinski definition) is 11. The molecule has 0 amide bonds. The molecule has 3 atom stereocenters. The van der Waals surface area contributed by atoms with Gasteiger partial charge in [-0.3, -0.25) is 0 Å². The predicted octanol–water partition coefficient (Wildman–Crippen LogP) is 8.36. The second-order valence-electron chi connectivity index (χ2n) is 16.8. The first-order valence-electron chi connectivity index (χ1n) is 21.9. The summed E-state index contributed by atoms with van der Waals surface area (Å²) >= 11 is 6.62. The number of methoxy groups -OCH3 is 2. The number of fused-ring (bicyclic) bond motifs is 1. The van der Waals surface area contributed by atoms with Gasteiger partial charge in [0.15, 0.2) is 0 Å². The first-order chi connectivity index (χ1) is 29.3. The van der Waals surface area contributed by atoms with Gasteiger partial charge in [-0.1, -0.05) is 75.4 Å². The monoisotopic (exact) mass is 869 g/mol. The number of benzene rings is 2. The molecule has 0 fully saturated rings. The summed E-state index contributed by atoms with van der Waals surface area (Å²) in [5, 5.41) is 3.66. The van der Waals surface area contributed by atoms with Gasteiger partial charge in [-0.25, -0.2) is 18.8 Å². The topological polar surface area (TPSA) is 116 Å². The average Bonchev–Trinajstić information content (AvgIpc) is 3.22. The first kappa shape index (κ1) is 49.8.